The predicted molar refractivity (Wildman–Crippen MR) is 377 cm³/mol. The van der Waals surface area contributed by atoms with E-state index in [0.29, 0.717) is 6.07 Å². The number of carbonyl (C=O) groups is 3. The molecule has 732 valence electrons. The van der Waals surface area contributed by atoms with Gasteiger partial charge in [-0.1, -0.05) is 135 Å². The van der Waals surface area contributed by atoms with Crippen LogP contribution in [0.5, 0.6) is 0 Å². The normalized spacial score (nSPS) is 14.4. The molecule has 0 N–H and O–H groups in total. The SMILES string of the molecule is C.C.C.C.C.C.CCC(C)c1cc(C(C)(C(F)(F)F)C(F)(F)F)cc(C(OCOCCOC)(C(F)(F)F)C(F)(F)F)c1.CCC(C)c1cc(C(OC(=O)OC(C)(C)C)(C(F)(F)F)C(F)(F)F)cc(C(OC(=O)OC(C)(C)C)(C(F)(F)F)C(F)(F)F)c1.CCOCOC(c1cc(C(C)CC)cc(C(OC(=O)CC)(C(F)(F)F)C(F)(F)F)c1)(C(F)(F)F)C(F)(F)F. The van der Waals surface area contributed by atoms with E-state index in [1.165, 1.54) is 34.6 Å². The third-order valence-corrected chi connectivity index (χ3v) is 17.3. The molecule has 13 nitrogen and oxygen atoms in total. The zero-order valence-electron chi connectivity index (χ0n) is 64.2. The first kappa shape index (κ1) is 128. The summed E-state index contributed by atoms with van der Waals surface area (Å²) in [6, 6.07) is -0.992. The summed E-state index contributed by atoms with van der Waals surface area (Å²) in [4.78, 5) is 36.1. The molecular weight excluding hydrogens is 1790 g/mol. The number of methoxy groups -OCH3 is 1. The summed E-state index contributed by atoms with van der Waals surface area (Å²) >= 11 is 0. The molecular formula is C75H102F36O13. The number of ether oxygens (including phenoxy) is 10. The lowest BCUT2D eigenvalue weighted by atomic mass is 9.76. The van der Waals surface area contributed by atoms with Gasteiger partial charge >= 0.3 is 109 Å². The fraction of sp³-hybridized carbons (Fsp3) is 0.720. The van der Waals surface area contributed by atoms with Crippen molar-refractivity contribution in [3.8, 4) is 0 Å². The van der Waals surface area contributed by atoms with Gasteiger partial charge in [0.2, 0.25) is 0 Å². The standard InChI is InChI=1S/C26H30F12O6.C22H24F12O4.C21H24F12O3.6CH4/c1-9-13(2)14-10-15(21(23(27,28)29,24(30,31)32)43-17(39)41-19(3,4)5)12-16(11-14)22(25(33,34)35,26(36,37)38)44-18(40)42-20(6,7)8;1-5-12(4)13-8-14(17(19(23,24)25,20(26,27)28)37-11-36-7-3)10-15(9-13)18(21(29,30)31,22(32,33)34)38-16(35)6-2;1-5-12(2)13-8-14(16(3,18(22,23)24)19(25,26)27)10-15(9-13)17(20(28,29)30,21(31,32)33)36-11-35-7-6-34-4;;;;;;/h10-13H,9H2,1-8H3;8-10,12H,5-7,11H2,1-4H3;8-10,12H,5-7,11H2,1-4H3;6*1H4. The maximum absolute atomic E-state index is 14.5. The van der Waals surface area contributed by atoms with Gasteiger partial charge in [0.05, 0.1) is 13.2 Å². The average molecular weight is 1900 g/mol. The van der Waals surface area contributed by atoms with Gasteiger partial charge in [-0.05, 0) is 127 Å². The molecule has 0 aliphatic rings. The maximum Gasteiger partial charge on any atom is 0.510 e. The lowest BCUT2D eigenvalue weighted by Crippen LogP contribution is -2.59. The molecule has 124 heavy (non-hydrogen) atoms. The van der Waals surface area contributed by atoms with Crippen LogP contribution in [0, 0.1) is 0 Å². The molecule has 0 radical (unpaired) electrons. The number of carbonyl (C=O) groups excluding carboxylic acids is 3. The Morgan fingerprint density at radius 2 is 0.508 bits per heavy atom. The number of hydrogen-bond acceptors (Lipinski definition) is 13. The Balaban J connectivity index is -0.000000413. The van der Waals surface area contributed by atoms with Gasteiger partial charge in [-0.2, -0.15) is 158 Å². The molecule has 0 spiro atoms. The molecule has 0 aliphatic heterocycles. The van der Waals surface area contributed by atoms with Crippen molar-refractivity contribution in [2.24, 2.45) is 0 Å². The Bertz CT molecular complexity index is 3580. The van der Waals surface area contributed by atoms with Crippen LogP contribution in [-0.2, 0) is 85.6 Å². The first-order chi connectivity index (χ1) is 52.4. The molecule has 3 atom stereocenters. The largest absolute Gasteiger partial charge is 0.510 e. The number of alkyl halides is 36. The number of benzene rings is 3. The van der Waals surface area contributed by atoms with Crippen molar-refractivity contribution in [2.45, 2.75) is 311 Å². The molecule has 3 aromatic rings. The summed E-state index contributed by atoms with van der Waals surface area (Å²) in [5.41, 5.74) is -51.7. The second-order valence-electron chi connectivity index (χ2n) is 27.8. The van der Waals surface area contributed by atoms with Crippen LogP contribution in [0.1, 0.15) is 242 Å². The van der Waals surface area contributed by atoms with Gasteiger partial charge in [0.15, 0.2) is 5.41 Å². The fourth-order valence-corrected chi connectivity index (χ4v) is 10.3. The van der Waals surface area contributed by atoms with E-state index in [9.17, 15) is 172 Å². The van der Waals surface area contributed by atoms with Gasteiger partial charge in [-0.15, -0.1) is 0 Å². The van der Waals surface area contributed by atoms with E-state index >= 15 is 0 Å². The smallest absolute Gasteiger partial charge is 0.434 e. The molecule has 0 fully saturated rings. The van der Waals surface area contributed by atoms with Gasteiger partial charge in [0, 0.05) is 48.0 Å². The van der Waals surface area contributed by atoms with E-state index in [1.54, 1.807) is 0 Å². The molecule has 49 heteroatoms. The highest BCUT2D eigenvalue weighted by molar-refractivity contribution is 5.70. The predicted octanol–water partition coefficient (Wildman–Crippen LogP) is 28.9. The third-order valence-electron chi connectivity index (χ3n) is 17.3. The van der Waals surface area contributed by atoms with E-state index < -0.39 is 256 Å². The molecule has 0 heterocycles. The summed E-state index contributed by atoms with van der Waals surface area (Å²) in [7, 11) is 1.15. The molecule has 0 amide bonds. The molecule has 3 unspecified atom stereocenters. The topological polar surface area (TPSA) is 144 Å². The number of esters is 1. The van der Waals surface area contributed by atoms with E-state index in [0.717, 1.165) is 69.4 Å². The first-order valence-corrected chi connectivity index (χ1v) is 33.7. The van der Waals surface area contributed by atoms with Crippen molar-refractivity contribution in [3.63, 3.8) is 0 Å². The van der Waals surface area contributed by atoms with Crippen LogP contribution in [0.4, 0.5) is 168 Å². The Hall–Kier alpha value is -7.05. The fourth-order valence-electron chi connectivity index (χ4n) is 10.3. The van der Waals surface area contributed by atoms with Gasteiger partial charge in [-0.25, -0.2) is 9.59 Å². The van der Waals surface area contributed by atoms with E-state index in [4.69, 9.17) is 0 Å². The number of hydrogen-bond donors (Lipinski definition) is 0. The Morgan fingerprint density at radius 1 is 0.290 bits per heavy atom. The van der Waals surface area contributed by atoms with Crippen LogP contribution in [0.15, 0.2) is 54.6 Å². The van der Waals surface area contributed by atoms with Crippen LogP contribution in [0.25, 0.3) is 0 Å². The molecule has 0 bridgehead atoms. The summed E-state index contributed by atoms with van der Waals surface area (Å²) in [5.74, 6) is -5.50. The van der Waals surface area contributed by atoms with Crippen molar-refractivity contribution >= 4 is 18.3 Å². The molecule has 0 saturated heterocycles. The average Bonchev–Trinajstić information content (AvgIpc) is 0.726. The van der Waals surface area contributed by atoms with Crippen molar-refractivity contribution in [1.82, 2.24) is 0 Å². The molecule has 0 aliphatic carbocycles. The maximum atomic E-state index is 14.5. The number of rotatable bonds is 26. The number of halogens is 36. The van der Waals surface area contributed by atoms with Crippen molar-refractivity contribution in [3.05, 3.63) is 105 Å². The van der Waals surface area contributed by atoms with Crippen molar-refractivity contribution in [2.75, 3.05) is 40.5 Å². The zero-order valence-corrected chi connectivity index (χ0v) is 64.2. The van der Waals surface area contributed by atoms with Crippen LogP contribution < -0.4 is 0 Å². The van der Waals surface area contributed by atoms with Crippen LogP contribution in [0.3, 0.4) is 0 Å². The minimum atomic E-state index is -6.75. The van der Waals surface area contributed by atoms with Crippen LogP contribution >= 0.6 is 0 Å². The molecule has 3 aromatic carbocycles. The monoisotopic (exact) mass is 1890 g/mol. The lowest BCUT2D eigenvalue weighted by Gasteiger charge is -2.40. The quantitative estimate of drug-likeness (QED) is 0.0247. The van der Waals surface area contributed by atoms with Gasteiger partial charge in [0.1, 0.15) is 24.8 Å². The van der Waals surface area contributed by atoms with Crippen molar-refractivity contribution < 1.29 is 220 Å². The van der Waals surface area contributed by atoms with Gasteiger partial charge in [-0.3, -0.25) is 4.79 Å². The highest BCUT2D eigenvalue weighted by atomic mass is 19.5. The van der Waals surface area contributed by atoms with Crippen LogP contribution in [-0.4, -0.2) is 144 Å². The third kappa shape index (κ3) is 27.7. The highest BCUT2D eigenvalue weighted by Crippen LogP contribution is 2.62. The summed E-state index contributed by atoms with van der Waals surface area (Å²) in [5, 5.41) is 0. The Labute approximate surface area is 692 Å². The minimum Gasteiger partial charge on any atom is -0.434 e. The first-order valence-electron chi connectivity index (χ1n) is 33.7. The lowest BCUT2D eigenvalue weighted by molar-refractivity contribution is -0.402. The van der Waals surface area contributed by atoms with Gasteiger partial charge in [0.25, 0.3) is 11.2 Å². The summed E-state index contributed by atoms with van der Waals surface area (Å²) in [6.07, 6.45) is -84.6. The van der Waals surface area contributed by atoms with Crippen molar-refractivity contribution in [1.29, 1.82) is 0 Å². The van der Waals surface area contributed by atoms with E-state index in [1.807, 2.05) is 0 Å². The van der Waals surface area contributed by atoms with Gasteiger partial charge < -0.3 is 47.4 Å². The highest BCUT2D eigenvalue weighted by Gasteiger charge is 2.81. The summed E-state index contributed by atoms with van der Waals surface area (Å²) in [6.45, 7) is 10.7. The van der Waals surface area contributed by atoms with Crippen LogP contribution in [0.2, 0.25) is 0 Å². The second-order valence-corrected chi connectivity index (χ2v) is 27.8. The minimum absolute atomic E-state index is 0. The summed E-state index contributed by atoms with van der Waals surface area (Å²) < 4.78 is 551. The molecule has 0 saturated carbocycles. The van der Waals surface area contributed by atoms with E-state index in [2.05, 4.69) is 47.4 Å². The Kier molecular flexibility index (Phi) is 45.6. The zero-order chi connectivity index (χ0) is 93.5. The second kappa shape index (κ2) is 44.3. The van der Waals surface area contributed by atoms with E-state index in [-0.39, 0.29) is 108 Å². The Morgan fingerprint density at radius 3 is 0.710 bits per heavy atom. The molecule has 3 rings (SSSR count). The molecule has 0 aromatic heterocycles.